The molecular weight excluding hydrogens is 242 g/mol. The summed E-state index contributed by atoms with van der Waals surface area (Å²) in [5, 5.41) is 5.64. The second-order valence-corrected chi connectivity index (χ2v) is 4.99. The van der Waals surface area contributed by atoms with Crippen LogP contribution in [-0.2, 0) is 9.59 Å². The van der Waals surface area contributed by atoms with Crippen LogP contribution in [-0.4, -0.2) is 17.4 Å². The van der Waals surface area contributed by atoms with Crippen LogP contribution in [0.25, 0.3) is 0 Å². The number of nitrogens with two attached hydrogens (primary N) is 1. The van der Waals surface area contributed by atoms with E-state index in [1.165, 1.54) is 0 Å². The van der Waals surface area contributed by atoms with Crippen LogP contribution in [0.2, 0.25) is 0 Å². The van der Waals surface area contributed by atoms with Crippen LogP contribution in [0.4, 0.5) is 11.4 Å². The third-order valence-electron chi connectivity index (χ3n) is 3.42. The van der Waals surface area contributed by atoms with Gasteiger partial charge >= 0.3 is 0 Å². The molecule has 1 fully saturated rings. The molecule has 102 valence electrons. The largest absolute Gasteiger partial charge is 0.326 e. The minimum Gasteiger partial charge on any atom is -0.326 e. The van der Waals surface area contributed by atoms with Crippen molar-refractivity contribution in [2.45, 2.75) is 38.6 Å². The van der Waals surface area contributed by atoms with E-state index < -0.39 is 5.54 Å². The molecule has 1 saturated carbocycles. The maximum absolute atomic E-state index is 11.9. The van der Waals surface area contributed by atoms with Gasteiger partial charge in [-0.3, -0.25) is 9.59 Å². The quantitative estimate of drug-likeness (QED) is 0.772. The summed E-state index contributed by atoms with van der Waals surface area (Å²) in [7, 11) is 0. The van der Waals surface area contributed by atoms with E-state index in [0.717, 1.165) is 18.4 Å². The molecule has 5 heteroatoms. The molecule has 0 unspecified atom stereocenters. The third-order valence-corrected chi connectivity index (χ3v) is 3.42. The lowest BCUT2D eigenvalue weighted by Crippen LogP contribution is -2.38. The molecule has 0 bridgehead atoms. The normalized spacial score (nSPS) is 15.7. The average Bonchev–Trinajstić information content (AvgIpc) is 3.13. The van der Waals surface area contributed by atoms with Crippen molar-refractivity contribution in [3.05, 3.63) is 23.8 Å². The number of benzene rings is 1. The summed E-state index contributed by atoms with van der Waals surface area (Å²) in [6.07, 6.45) is 1.87. The first-order valence-electron chi connectivity index (χ1n) is 6.46. The van der Waals surface area contributed by atoms with Gasteiger partial charge in [-0.2, -0.15) is 0 Å². The summed E-state index contributed by atoms with van der Waals surface area (Å²) < 4.78 is 0. The molecule has 0 atom stereocenters. The van der Waals surface area contributed by atoms with Crippen molar-refractivity contribution in [3.8, 4) is 0 Å². The Kier molecular flexibility index (Phi) is 3.57. The van der Waals surface area contributed by atoms with Crippen LogP contribution in [0.1, 0.15) is 31.7 Å². The van der Waals surface area contributed by atoms with Gasteiger partial charge in [-0.25, -0.2) is 0 Å². The zero-order chi connectivity index (χ0) is 14.0. The van der Waals surface area contributed by atoms with E-state index in [1.807, 2.05) is 13.0 Å². The summed E-state index contributed by atoms with van der Waals surface area (Å²) in [4.78, 5) is 23.3. The highest BCUT2D eigenvalue weighted by Gasteiger charge is 2.46. The number of nitrogens with one attached hydrogen (secondary N) is 2. The van der Waals surface area contributed by atoms with Gasteiger partial charge < -0.3 is 16.4 Å². The first-order chi connectivity index (χ1) is 8.96. The molecule has 0 radical (unpaired) electrons. The maximum atomic E-state index is 11.9. The van der Waals surface area contributed by atoms with Crippen LogP contribution in [0.3, 0.4) is 0 Å². The molecule has 0 heterocycles. The summed E-state index contributed by atoms with van der Waals surface area (Å²) in [5.41, 5.74) is 7.39. The first kappa shape index (κ1) is 13.5. The summed E-state index contributed by atoms with van der Waals surface area (Å²) in [6.45, 7) is 3.65. The molecule has 0 saturated heterocycles. The van der Waals surface area contributed by atoms with E-state index in [9.17, 15) is 9.59 Å². The molecule has 1 aromatic carbocycles. The molecule has 2 rings (SSSR count). The topological polar surface area (TPSA) is 84.2 Å². The Morgan fingerprint density at radius 1 is 1.26 bits per heavy atom. The Balaban J connectivity index is 2.15. The van der Waals surface area contributed by atoms with E-state index in [0.29, 0.717) is 17.8 Å². The molecule has 0 aliphatic heterocycles. The predicted molar refractivity (Wildman–Crippen MR) is 74.9 cm³/mol. The first-order valence-corrected chi connectivity index (χ1v) is 6.46. The number of anilines is 2. The maximum Gasteiger partial charge on any atom is 0.244 e. The SMILES string of the molecule is CCC(=O)Nc1cccc(NC(=O)C2(N)CC2)c1C. The van der Waals surface area contributed by atoms with Crippen LogP contribution in [0.5, 0.6) is 0 Å². The summed E-state index contributed by atoms with van der Waals surface area (Å²) in [5.74, 6) is -0.210. The van der Waals surface area contributed by atoms with Crippen LogP contribution >= 0.6 is 0 Å². The van der Waals surface area contributed by atoms with Crippen molar-refractivity contribution in [2.24, 2.45) is 5.73 Å². The van der Waals surface area contributed by atoms with E-state index in [-0.39, 0.29) is 11.8 Å². The highest BCUT2D eigenvalue weighted by atomic mass is 16.2. The van der Waals surface area contributed by atoms with Crippen molar-refractivity contribution in [3.63, 3.8) is 0 Å². The van der Waals surface area contributed by atoms with E-state index in [1.54, 1.807) is 19.1 Å². The van der Waals surface area contributed by atoms with E-state index >= 15 is 0 Å². The van der Waals surface area contributed by atoms with E-state index in [2.05, 4.69) is 10.6 Å². The number of hydrogen-bond donors (Lipinski definition) is 3. The molecule has 2 amide bonds. The van der Waals surface area contributed by atoms with Gasteiger partial charge in [0.15, 0.2) is 0 Å². The van der Waals surface area contributed by atoms with Crippen molar-refractivity contribution in [1.29, 1.82) is 0 Å². The van der Waals surface area contributed by atoms with Gasteiger partial charge in [-0.1, -0.05) is 13.0 Å². The number of hydrogen-bond acceptors (Lipinski definition) is 3. The smallest absolute Gasteiger partial charge is 0.244 e. The van der Waals surface area contributed by atoms with Gasteiger partial charge in [0.2, 0.25) is 11.8 Å². The lowest BCUT2D eigenvalue weighted by Gasteiger charge is -2.15. The molecular formula is C14H19N3O2. The lowest BCUT2D eigenvalue weighted by atomic mass is 10.1. The second kappa shape index (κ2) is 5.01. The summed E-state index contributed by atoms with van der Waals surface area (Å²) >= 11 is 0. The highest BCUT2D eigenvalue weighted by Crippen LogP contribution is 2.34. The summed E-state index contributed by atoms with van der Waals surface area (Å²) in [6, 6.07) is 5.42. The molecule has 1 aromatic rings. The van der Waals surface area contributed by atoms with Crippen molar-refractivity contribution in [2.75, 3.05) is 10.6 Å². The number of amides is 2. The Bertz CT molecular complexity index is 521. The monoisotopic (exact) mass is 261 g/mol. The number of rotatable bonds is 4. The zero-order valence-corrected chi connectivity index (χ0v) is 11.2. The zero-order valence-electron chi connectivity index (χ0n) is 11.2. The molecule has 0 aromatic heterocycles. The van der Waals surface area contributed by atoms with Gasteiger partial charge in [-0.05, 0) is 37.5 Å². The van der Waals surface area contributed by atoms with Gasteiger partial charge in [-0.15, -0.1) is 0 Å². The third kappa shape index (κ3) is 2.93. The Morgan fingerprint density at radius 3 is 2.37 bits per heavy atom. The number of carbonyl (C=O) groups excluding carboxylic acids is 2. The Morgan fingerprint density at radius 2 is 1.84 bits per heavy atom. The highest BCUT2D eigenvalue weighted by molar-refractivity contribution is 6.01. The van der Waals surface area contributed by atoms with Crippen LogP contribution < -0.4 is 16.4 Å². The molecule has 0 spiro atoms. The minimum atomic E-state index is -0.699. The van der Waals surface area contributed by atoms with Gasteiger partial charge in [0.05, 0.1) is 5.54 Å². The molecule has 1 aliphatic rings. The molecule has 19 heavy (non-hydrogen) atoms. The molecule has 4 N–H and O–H groups in total. The van der Waals surface area contributed by atoms with Gasteiger partial charge in [0.25, 0.3) is 0 Å². The van der Waals surface area contributed by atoms with Crippen LogP contribution in [0.15, 0.2) is 18.2 Å². The number of carbonyl (C=O) groups is 2. The van der Waals surface area contributed by atoms with Crippen molar-refractivity contribution < 1.29 is 9.59 Å². The standard InChI is InChI=1S/C14H19N3O2/c1-3-12(18)16-10-5-4-6-11(9(10)2)17-13(19)14(15)7-8-14/h4-6H,3,7-8,15H2,1-2H3,(H,16,18)(H,17,19). The Hall–Kier alpha value is -1.88. The second-order valence-electron chi connectivity index (χ2n) is 4.99. The van der Waals surface area contributed by atoms with E-state index in [4.69, 9.17) is 5.73 Å². The van der Waals surface area contributed by atoms with Gasteiger partial charge in [0.1, 0.15) is 0 Å². The fraction of sp³-hybridized carbons (Fsp3) is 0.429. The predicted octanol–water partition coefficient (Wildman–Crippen LogP) is 1.77. The molecule has 1 aliphatic carbocycles. The minimum absolute atomic E-state index is 0.0518. The fourth-order valence-electron chi connectivity index (χ4n) is 1.75. The van der Waals surface area contributed by atoms with Gasteiger partial charge in [0, 0.05) is 17.8 Å². The van der Waals surface area contributed by atoms with Crippen molar-refractivity contribution >= 4 is 23.2 Å². The lowest BCUT2D eigenvalue weighted by molar-refractivity contribution is -0.118. The van der Waals surface area contributed by atoms with Crippen molar-refractivity contribution in [1.82, 2.24) is 0 Å². The molecule has 5 nitrogen and oxygen atoms in total. The fourth-order valence-corrected chi connectivity index (χ4v) is 1.75. The average molecular weight is 261 g/mol. The Labute approximate surface area is 112 Å². The van der Waals surface area contributed by atoms with Crippen LogP contribution in [0, 0.1) is 6.92 Å².